The molecule has 0 aliphatic heterocycles. The summed E-state index contributed by atoms with van der Waals surface area (Å²) < 4.78 is 0. The number of hydrogen-bond acceptors (Lipinski definition) is 1. The molecule has 0 unspecified atom stereocenters. The third-order valence-electron chi connectivity index (χ3n) is 3.85. The monoisotopic (exact) mass is 289 g/mol. The molecule has 0 spiro atoms. The number of carbonyl (C=O) groups excluding carboxylic acids is 1. The van der Waals surface area contributed by atoms with Gasteiger partial charge >= 0.3 is 0 Å². The van der Waals surface area contributed by atoms with Crippen LogP contribution >= 0.6 is 0 Å². The van der Waals surface area contributed by atoms with E-state index in [9.17, 15) is 4.79 Å². The molecule has 1 amide bonds. The van der Waals surface area contributed by atoms with Gasteiger partial charge in [-0.2, -0.15) is 0 Å². The molecule has 0 aliphatic rings. The summed E-state index contributed by atoms with van der Waals surface area (Å²) >= 11 is 0. The normalized spacial score (nSPS) is 11.1. The van der Waals surface area contributed by atoms with Crippen LogP contribution in [0, 0.1) is 0 Å². The first-order valence-electron chi connectivity index (χ1n) is 7.21. The number of hydrogen-bond donors (Lipinski definition) is 3. The Morgan fingerprint density at radius 2 is 1.91 bits per heavy atom. The molecule has 3 N–H and O–H groups in total. The van der Waals surface area contributed by atoms with Crippen molar-refractivity contribution in [2.24, 2.45) is 0 Å². The molecule has 22 heavy (non-hydrogen) atoms. The Morgan fingerprint density at radius 1 is 1.00 bits per heavy atom. The molecule has 0 saturated carbocycles. The number of H-pyrrole nitrogens is 2. The van der Waals surface area contributed by atoms with Crippen molar-refractivity contribution in [2.45, 2.75) is 6.42 Å². The van der Waals surface area contributed by atoms with Crippen LogP contribution in [0.5, 0.6) is 0 Å². The maximum atomic E-state index is 12.3. The number of anilines is 1. The number of carbonyl (C=O) groups is 1. The molecule has 4 nitrogen and oxygen atoms in total. The largest absolute Gasteiger partial charge is 0.361 e. The Hall–Kier alpha value is -3.01. The van der Waals surface area contributed by atoms with Gasteiger partial charge in [0.25, 0.3) is 0 Å². The molecule has 0 aliphatic carbocycles. The van der Waals surface area contributed by atoms with Crippen molar-refractivity contribution in [3.8, 4) is 0 Å². The van der Waals surface area contributed by atoms with Gasteiger partial charge < -0.3 is 15.3 Å². The number of aromatic amines is 2. The first-order valence-corrected chi connectivity index (χ1v) is 7.21. The zero-order valence-corrected chi connectivity index (χ0v) is 11.9. The average molecular weight is 289 g/mol. The summed E-state index contributed by atoms with van der Waals surface area (Å²) in [5.41, 5.74) is 3.93. The number of aromatic nitrogens is 2. The minimum Gasteiger partial charge on any atom is -0.361 e. The molecule has 108 valence electrons. The van der Waals surface area contributed by atoms with E-state index in [4.69, 9.17) is 0 Å². The molecule has 4 aromatic rings. The Bertz CT molecular complexity index is 964. The Morgan fingerprint density at radius 3 is 2.86 bits per heavy atom. The van der Waals surface area contributed by atoms with Crippen molar-refractivity contribution in [1.29, 1.82) is 0 Å². The molecule has 0 atom stereocenters. The summed E-state index contributed by atoms with van der Waals surface area (Å²) in [6, 6.07) is 16.0. The highest BCUT2D eigenvalue weighted by atomic mass is 16.1. The second kappa shape index (κ2) is 5.07. The maximum Gasteiger partial charge on any atom is 0.228 e. The van der Waals surface area contributed by atoms with Crippen LogP contribution in [0.15, 0.2) is 60.9 Å². The van der Waals surface area contributed by atoms with Crippen molar-refractivity contribution in [3.63, 3.8) is 0 Å². The number of benzene rings is 2. The second-order valence-corrected chi connectivity index (χ2v) is 5.37. The zero-order valence-electron chi connectivity index (χ0n) is 11.9. The summed E-state index contributed by atoms with van der Waals surface area (Å²) in [5, 5.41) is 5.12. The van der Waals surface area contributed by atoms with Crippen molar-refractivity contribution in [3.05, 3.63) is 66.5 Å². The van der Waals surface area contributed by atoms with E-state index >= 15 is 0 Å². The summed E-state index contributed by atoms with van der Waals surface area (Å²) in [5.74, 6) is -0.0142. The molecule has 0 radical (unpaired) electrons. The molecule has 4 heteroatoms. The number of fused-ring (bicyclic) bond motifs is 2. The van der Waals surface area contributed by atoms with Crippen molar-refractivity contribution in [2.75, 3.05) is 5.32 Å². The molecule has 2 aromatic heterocycles. The van der Waals surface area contributed by atoms with E-state index in [1.54, 1.807) is 0 Å². The van der Waals surface area contributed by atoms with Crippen molar-refractivity contribution in [1.82, 2.24) is 9.97 Å². The highest BCUT2D eigenvalue weighted by molar-refractivity contribution is 6.02. The summed E-state index contributed by atoms with van der Waals surface area (Å²) in [6.07, 6.45) is 4.10. The summed E-state index contributed by atoms with van der Waals surface area (Å²) in [4.78, 5) is 18.6. The number of para-hydroxylation sites is 1. The third kappa shape index (κ3) is 2.24. The highest BCUT2D eigenvalue weighted by Gasteiger charge is 2.08. The van der Waals surface area contributed by atoms with Crippen LogP contribution in [0.2, 0.25) is 0 Å². The minimum absolute atomic E-state index is 0.0142. The Labute approximate surface area is 127 Å². The molecule has 2 heterocycles. The molecule has 0 fully saturated rings. The zero-order chi connectivity index (χ0) is 14.9. The van der Waals surface area contributed by atoms with E-state index in [1.165, 1.54) is 0 Å². The van der Waals surface area contributed by atoms with Gasteiger partial charge in [-0.3, -0.25) is 4.79 Å². The maximum absolute atomic E-state index is 12.3. The summed E-state index contributed by atoms with van der Waals surface area (Å²) in [6.45, 7) is 0. The quantitative estimate of drug-likeness (QED) is 0.527. The van der Waals surface area contributed by atoms with Gasteiger partial charge in [0.1, 0.15) is 0 Å². The topological polar surface area (TPSA) is 60.7 Å². The Kier molecular flexibility index (Phi) is 2.93. The molecular weight excluding hydrogens is 274 g/mol. The first-order chi connectivity index (χ1) is 10.8. The van der Waals surface area contributed by atoms with Gasteiger partial charge in [0.15, 0.2) is 0 Å². The number of rotatable bonds is 3. The fraction of sp³-hybridized carbons (Fsp3) is 0.0556. The second-order valence-electron chi connectivity index (χ2n) is 5.37. The fourth-order valence-corrected chi connectivity index (χ4v) is 2.77. The average Bonchev–Trinajstić information content (AvgIpc) is 3.14. The van der Waals surface area contributed by atoms with Gasteiger partial charge in [0.05, 0.1) is 12.1 Å². The van der Waals surface area contributed by atoms with Crippen LogP contribution in [-0.2, 0) is 11.2 Å². The predicted molar refractivity (Wildman–Crippen MR) is 88.9 cm³/mol. The SMILES string of the molecule is O=C(Cc1ccc2[nH]ccc2c1)Nc1c[nH]c2ccccc12. The lowest BCUT2D eigenvalue weighted by atomic mass is 10.1. The van der Waals surface area contributed by atoms with Crippen LogP contribution in [0.25, 0.3) is 21.8 Å². The van der Waals surface area contributed by atoms with E-state index in [0.717, 1.165) is 33.1 Å². The standard InChI is InChI=1S/C18H15N3O/c22-18(10-12-5-6-15-13(9-12)7-8-19-15)21-17-11-20-16-4-2-1-3-14(16)17/h1-9,11,19-20H,10H2,(H,21,22). The van der Waals surface area contributed by atoms with Crippen LogP contribution in [0.3, 0.4) is 0 Å². The number of amides is 1. The van der Waals surface area contributed by atoms with Gasteiger partial charge in [-0.1, -0.05) is 24.3 Å². The van der Waals surface area contributed by atoms with Gasteiger partial charge in [0.2, 0.25) is 5.91 Å². The molecule has 0 bridgehead atoms. The van der Waals surface area contributed by atoms with Crippen molar-refractivity contribution >= 4 is 33.4 Å². The lowest BCUT2D eigenvalue weighted by molar-refractivity contribution is -0.115. The fourth-order valence-electron chi connectivity index (χ4n) is 2.77. The van der Waals surface area contributed by atoms with Gasteiger partial charge in [-0.15, -0.1) is 0 Å². The van der Waals surface area contributed by atoms with E-state index in [0.29, 0.717) is 6.42 Å². The van der Waals surface area contributed by atoms with E-state index in [2.05, 4.69) is 15.3 Å². The van der Waals surface area contributed by atoms with Crippen LogP contribution in [0.4, 0.5) is 5.69 Å². The Balaban J connectivity index is 1.54. The highest BCUT2D eigenvalue weighted by Crippen LogP contribution is 2.23. The molecule has 2 aromatic carbocycles. The third-order valence-corrected chi connectivity index (χ3v) is 3.85. The van der Waals surface area contributed by atoms with Crippen molar-refractivity contribution < 1.29 is 4.79 Å². The first kappa shape index (κ1) is 12.7. The smallest absolute Gasteiger partial charge is 0.228 e. The number of nitrogens with one attached hydrogen (secondary N) is 3. The predicted octanol–water partition coefficient (Wildman–Crippen LogP) is 3.83. The van der Waals surface area contributed by atoms with Crippen LogP contribution < -0.4 is 5.32 Å². The van der Waals surface area contributed by atoms with Gasteiger partial charge in [-0.05, 0) is 35.2 Å². The molecule has 0 saturated heterocycles. The van der Waals surface area contributed by atoms with E-state index in [-0.39, 0.29) is 5.91 Å². The molecule has 4 rings (SSSR count). The summed E-state index contributed by atoms with van der Waals surface area (Å²) in [7, 11) is 0. The van der Waals surface area contributed by atoms with E-state index in [1.807, 2.05) is 60.9 Å². The van der Waals surface area contributed by atoms with E-state index < -0.39 is 0 Å². The lowest BCUT2D eigenvalue weighted by Crippen LogP contribution is -2.14. The van der Waals surface area contributed by atoms with Crippen LogP contribution in [-0.4, -0.2) is 15.9 Å². The van der Waals surface area contributed by atoms with Gasteiger partial charge in [-0.25, -0.2) is 0 Å². The lowest BCUT2D eigenvalue weighted by Gasteiger charge is -2.04. The molecular formula is C18H15N3O. The van der Waals surface area contributed by atoms with Gasteiger partial charge in [0, 0.05) is 28.8 Å². The minimum atomic E-state index is -0.0142. The van der Waals surface area contributed by atoms with Crippen LogP contribution in [0.1, 0.15) is 5.56 Å².